The second-order valence-corrected chi connectivity index (χ2v) is 6.72. The highest BCUT2D eigenvalue weighted by molar-refractivity contribution is 6.07. The molecule has 0 amide bonds. The Bertz CT molecular complexity index is 1010. The third-order valence-electron chi connectivity index (χ3n) is 4.90. The zero-order valence-electron chi connectivity index (χ0n) is 14.8. The molecule has 3 aromatic rings. The fourth-order valence-electron chi connectivity index (χ4n) is 3.57. The molecule has 144 valence electrons. The molecule has 4 N–H and O–H groups in total. The van der Waals surface area contributed by atoms with Gasteiger partial charge in [-0.05, 0) is 42.5 Å². The van der Waals surface area contributed by atoms with Crippen molar-refractivity contribution in [3.8, 4) is 0 Å². The van der Waals surface area contributed by atoms with E-state index in [1.54, 1.807) is 6.07 Å². The highest BCUT2D eigenvalue weighted by Crippen LogP contribution is 2.36. The molecule has 1 atom stereocenters. The molecule has 1 aliphatic carbocycles. The second kappa shape index (κ2) is 7.03. The third kappa shape index (κ3) is 3.45. The molecule has 1 unspecified atom stereocenters. The van der Waals surface area contributed by atoms with Gasteiger partial charge in [-0.25, -0.2) is 0 Å². The summed E-state index contributed by atoms with van der Waals surface area (Å²) in [7, 11) is 0. The molecule has 1 aliphatic rings. The van der Waals surface area contributed by atoms with Gasteiger partial charge in [-0.15, -0.1) is 0 Å². The van der Waals surface area contributed by atoms with Crippen molar-refractivity contribution in [3.63, 3.8) is 0 Å². The highest BCUT2D eigenvalue weighted by Gasteiger charge is 2.32. The minimum Gasteiger partial charge on any atom is -0.338 e. The van der Waals surface area contributed by atoms with Gasteiger partial charge >= 0.3 is 6.18 Å². The molecule has 5 nitrogen and oxygen atoms in total. The number of benzene rings is 2. The molecule has 0 aliphatic heterocycles. The van der Waals surface area contributed by atoms with Gasteiger partial charge in [0, 0.05) is 11.4 Å². The molecule has 0 fully saturated rings. The molecule has 4 rings (SSSR count). The number of alkyl halides is 3. The Balaban J connectivity index is 1.64. The molecule has 1 heterocycles. The maximum atomic E-state index is 13.0. The second-order valence-electron chi connectivity index (χ2n) is 6.72. The maximum Gasteiger partial charge on any atom is 0.416 e. The van der Waals surface area contributed by atoms with Crippen molar-refractivity contribution in [2.45, 2.75) is 24.9 Å². The normalized spacial score (nSPS) is 18.1. The lowest BCUT2D eigenvalue weighted by Crippen LogP contribution is -2.20. The Hall–Kier alpha value is -3.29. The van der Waals surface area contributed by atoms with E-state index in [1.807, 2.05) is 18.2 Å². The minimum absolute atomic E-state index is 0.206. The van der Waals surface area contributed by atoms with E-state index in [1.165, 1.54) is 11.6 Å². The van der Waals surface area contributed by atoms with Gasteiger partial charge in [-0.2, -0.15) is 23.4 Å². The zero-order valence-corrected chi connectivity index (χ0v) is 14.8. The van der Waals surface area contributed by atoms with E-state index in [4.69, 9.17) is 5.84 Å². The number of hydrogen-bond acceptors (Lipinski definition) is 4. The molecule has 0 saturated carbocycles. The van der Waals surface area contributed by atoms with Crippen LogP contribution in [-0.4, -0.2) is 15.9 Å². The Morgan fingerprint density at radius 3 is 2.57 bits per heavy atom. The monoisotopic (exact) mass is 385 g/mol. The van der Waals surface area contributed by atoms with Gasteiger partial charge in [0.2, 0.25) is 0 Å². The molecule has 0 saturated heterocycles. The highest BCUT2D eigenvalue weighted by atomic mass is 19.4. The van der Waals surface area contributed by atoms with Crippen molar-refractivity contribution in [1.82, 2.24) is 10.2 Å². The molecular formula is C20H18F3N5. The summed E-state index contributed by atoms with van der Waals surface area (Å²) >= 11 is 0. The van der Waals surface area contributed by atoms with E-state index in [2.05, 4.69) is 32.7 Å². The first kappa shape index (κ1) is 18.1. The summed E-state index contributed by atoms with van der Waals surface area (Å²) in [5.41, 5.74) is 3.00. The zero-order chi connectivity index (χ0) is 19.7. The molecule has 0 bridgehead atoms. The fraction of sp³-hybridized carbons (Fsp3) is 0.200. The van der Waals surface area contributed by atoms with Crippen LogP contribution >= 0.6 is 0 Å². The number of nitrogens with two attached hydrogens (primary N) is 1. The lowest BCUT2D eigenvalue weighted by atomic mass is 9.82. The molecule has 1 aromatic heterocycles. The fourth-order valence-corrected chi connectivity index (χ4v) is 3.57. The standard InChI is InChI=1S/C20H18F3N5/c21-20(22,23)14-7-4-8-15(11-14)25-19-18-16(26-24)9-13(10-17(18)27-28-19)12-5-2-1-3-6-12/h1-8,11,13H,9-10,24H2,(H2,25,27,28)/b26-16+. The maximum absolute atomic E-state index is 13.0. The summed E-state index contributed by atoms with van der Waals surface area (Å²) in [6.45, 7) is 0. The van der Waals surface area contributed by atoms with Crippen molar-refractivity contribution in [1.29, 1.82) is 0 Å². The van der Waals surface area contributed by atoms with E-state index in [0.717, 1.165) is 29.8 Å². The van der Waals surface area contributed by atoms with Gasteiger partial charge in [0.1, 0.15) is 0 Å². The Kier molecular flexibility index (Phi) is 4.54. The number of hydrogen-bond donors (Lipinski definition) is 3. The molecule has 0 spiro atoms. The SMILES string of the molecule is N/N=C1\CC(c2ccccc2)Cc2[nH]nc(Nc3cccc(C(F)(F)F)c3)c21. The Labute approximate surface area is 159 Å². The van der Waals surface area contributed by atoms with Crippen LogP contribution < -0.4 is 11.2 Å². The van der Waals surface area contributed by atoms with Gasteiger partial charge in [-0.1, -0.05) is 36.4 Å². The number of fused-ring (bicyclic) bond motifs is 1. The lowest BCUT2D eigenvalue weighted by molar-refractivity contribution is -0.137. The predicted molar refractivity (Wildman–Crippen MR) is 102 cm³/mol. The quantitative estimate of drug-likeness (QED) is 0.457. The topological polar surface area (TPSA) is 79.1 Å². The van der Waals surface area contributed by atoms with Crippen molar-refractivity contribution in [3.05, 3.63) is 77.0 Å². The number of hydrazone groups is 1. The van der Waals surface area contributed by atoms with Crippen LogP contribution in [-0.2, 0) is 12.6 Å². The summed E-state index contributed by atoms with van der Waals surface area (Å²) < 4.78 is 38.9. The third-order valence-corrected chi connectivity index (χ3v) is 4.90. The van der Waals surface area contributed by atoms with E-state index in [9.17, 15) is 13.2 Å². The number of nitrogens with zero attached hydrogens (tertiary/aromatic N) is 2. The summed E-state index contributed by atoms with van der Waals surface area (Å²) in [5.74, 6) is 6.26. The number of aromatic nitrogens is 2. The largest absolute Gasteiger partial charge is 0.416 e. The van der Waals surface area contributed by atoms with Crippen LogP contribution in [0.4, 0.5) is 24.7 Å². The van der Waals surface area contributed by atoms with Gasteiger partial charge in [0.25, 0.3) is 0 Å². The minimum atomic E-state index is -4.41. The smallest absolute Gasteiger partial charge is 0.338 e. The first-order valence-corrected chi connectivity index (χ1v) is 8.79. The first-order chi connectivity index (χ1) is 13.5. The van der Waals surface area contributed by atoms with E-state index in [0.29, 0.717) is 23.6 Å². The van der Waals surface area contributed by atoms with Crippen LogP contribution in [0.3, 0.4) is 0 Å². The summed E-state index contributed by atoms with van der Waals surface area (Å²) in [6.07, 6.45) is -3.06. The molecule has 0 radical (unpaired) electrons. The van der Waals surface area contributed by atoms with Crippen LogP contribution in [0.2, 0.25) is 0 Å². The van der Waals surface area contributed by atoms with Crippen molar-refractivity contribution >= 4 is 17.2 Å². The van der Waals surface area contributed by atoms with E-state index >= 15 is 0 Å². The van der Waals surface area contributed by atoms with Crippen molar-refractivity contribution in [2.24, 2.45) is 10.9 Å². The average Bonchev–Trinajstić information content (AvgIpc) is 3.10. The molecular weight excluding hydrogens is 367 g/mol. The van der Waals surface area contributed by atoms with Gasteiger partial charge in [0.15, 0.2) is 5.82 Å². The van der Waals surface area contributed by atoms with Gasteiger partial charge in [-0.3, -0.25) is 5.10 Å². The summed E-state index contributed by atoms with van der Waals surface area (Å²) in [5, 5.41) is 14.1. The van der Waals surface area contributed by atoms with Gasteiger partial charge in [0.05, 0.1) is 16.8 Å². The van der Waals surface area contributed by atoms with Crippen LogP contribution in [0.1, 0.15) is 34.7 Å². The Morgan fingerprint density at radius 1 is 1.07 bits per heavy atom. The molecule has 8 heteroatoms. The number of anilines is 2. The number of H-pyrrole nitrogens is 1. The predicted octanol–water partition coefficient (Wildman–Crippen LogP) is 4.56. The van der Waals surface area contributed by atoms with Crippen LogP contribution in [0.5, 0.6) is 0 Å². The van der Waals surface area contributed by atoms with E-state index in [-0.39, 0.29) is 5.92 Å². The lowest BCUT2D eigenvalue weighted by Gasteiger charge is -2.23. The average molecular weight is 385 g/mol. The number of nitrogens with one attached hydrogen (secondary N) is 2. The van der Waals surface area contributed by atoms with E-state index < -0.39 is 11.7 Å². The van der Waals surface area contributed by atoms with Crippen LogP contribution in [0.15, 0.2) is 59.7 Å². The number of halogens is 3. The number of aromatic amines is 1. The molecule has 28 heavy (non-hydrogen) atoms. The summed E-state index contributed by atoms with van der Waals surface area (Å²) in [4.78, 5) is 0. The van der Waals surface area contributed by atoms with Crippen LogP contribution in [0, 0.1) is 0 Å². The molecule has 2 aromatic carbocycles. The van der Waals surface area contributed by atoms with Gasteiger partial charge < -0.3 is 11.2 Å². The van der Waals surface area contributed by atoms with Crippen LogP contribution in [0.25, 0.3) is 0 Å². The number of rotatable bonds is 3. The Morgan fingerprint density at radius 2 is 1.86 bits per heavy atom. The van der Waals surface area contributed by atoms with Crippen molar-refractivity contribution in [2.75, 3.05) is 5.32 Å². The van der Waals surface area contributed by atoms with Crippen molar-refractivity contribution < 1.29 is 13.2 Å². The summed E-state index contributed by atoms with van der Waals surface area (Å²) in [6, 6.07) is 15.0. The first-order valence-electron chi connectivity index (χ1n) is 8.79.